The van der Waals surface area contributed by atoms with Gasteiger partial charge in [-0.1, -0.05) is 13.3 Å². The van der Waals surface area contributed by atoms with Gasteiger partial charge in [0.2, 0.25) is 11.8 Å². The number of nitrogens with one attached hydrogen (secondary N) is 1. The van der Waals surface area contributed by atoms with E-state index in [2.05, 4.69) is 12.2 Å². The van der Waals surface area contributed by atoms with Gasteiger partial charge in [-0.25, -0.2) is 0 Å². The lowest BCUT2D eigenvalue weighted by Crippen LogP contribution is -2.63. The molecule has 1 saturated heterocycles. The van der Waals surface area contributed by atoms with Crippen LogP contribution >= 0.6 is 0 Å². The SMILES string of the molecule is CCCCOCCCN1CC(=O)NC(C)(C)C1=O. The Hall–Kier alpha value is -1.10. The minimum absolute atomic E-state index is 0.0179. The first-order valence-corrected chi connectivity index (χ1v) is 6.65. The number of carbonyl (C=O) groups is 2. The number of hydrogen-bond donors (Lipinski definition) is 1. The number of ether oxygens (including phenoxy) is 1. The van der Waals surface area contributed by atoms with Gasteiger partial charge in [-0.3, -0.25) is 9.59 Å². The second-order valence-electron chi connectivity index (χ2n) is 5.22. The molecule has 0 unspecified atom stereocenters. The molecule has 0 aromatic heterocycles. The summed E-state index contributed by atoms with van der Waals surface area (Å²) in [6.45, 7) is 7.76. The smallest absolute Gasteiger partial charge is 0.248 e. The van der Waals surface area contributed by atoms with Crippen LogP contribution in [0.1, 0.15) is 40.0 Å². The highest BCUT2D eigenvalue weighted by atomic mass is 16.5. The topological polar surface area (TPSA) is 58.6 Å². The lowest BCUT2D eigenvalue weighted by molar-refractivity contribution is -0.148. The zero-order valence-corrected chi connectivity index (χ0v) is 11.6. The molecule has 1 fully saturated rings. The molecule has 104 valence electrons. The van der Waals surface area contributed by atoms with Crippen molar-refractivity contribution in [2.75, 3.05) is 26.3 Å². The number of carbonyl (C=O) groups excluding carboxylic acids is 2. The highest BCUT2D eigenvalue weighted by Gasteiger charge is 2.38. The van der Waals surface area contributed by atoms with Crippen LogP contribution in [0.2, 0.25) is 0 Å². The summed E-state index contributed by atoms with van der Waals surface area (Å²) in [6.07, 6.45) is 2.97. The lowest BCUT2D eigenvalue weighted by Gasteiger charge is -2.37. The normalized spacial score (nSPS) is 18.9. The van der Waals surface area contributed by atoms with E-state index < -0.39 is 5.54 Å². The van der Waals surface area contributed by atoms with E-state index in [9.17, 15) is 9.59 Å². The lowest BCUT2D eigenvalue weighted by atomic mass is 10.0. The maximum absolute atomic E-state index is 12.0. The predicted octanol–water partition coefficient (Wildman–Crippen LogP) is 0.930. The molecule has 0 spiro atoms. The van der Waals surface area contributed by atoms with Crippen LogP contribution in [0.5, 0.6) is 0 Å². The molecule has 0 atom stereocenters. The molecule has 0 bridgehead atoms. The number of rotatable bonds is 7. The van der Waals surface area contributed by atoms with Crippen molar-refractivity contribution in [1.82, 2.24) is 10.2 Å². The van der Waals surface area contributed by atoms with Crippen LogP contribution in [-0.2, 0) is 14.3 Å². The Kier molecular flexibility index (Phi) is 5.59. The molecule has 2 amide bonds. The summed E-state index contributed by atoms with van der Waals surface area (Å²) in [5.74, 6) is -0.109. The third-order valence-corrected chi connectivity index (χ3v) is 2.97. The summed E-state index contributed by atoms with van der Waals surface area (Å²) in [5, 5.41) is 2.69. The average molecular weight is 256 g/mol. The van der Waals surface area contributed by atoms with Crippen LogP contribution in [0.3, 0.4) is 0 Å². The molecule has 0 aromatic rings. The van der Waals surface area contributed by atoms with Gasteiger partial charge >= 0.3 is 0 Å². The van der Waals surface area contributed by atoms with E-state index in [0.717, 1.165) is 25.9 Å². The molecule has 1 rings (SSSR count). The highest BCUT2D eigenvalue weighted by molar-refractivity contribution is 5.97. The number of amides is 2. The Balaban J connectivity index is 2.28. The van der Waals surface area contributed by atoms with Gasteiger partial charge in [0.25, 0.3) is 0 Å². The first-order valence-electron chi connectivity index (χ1n) is 6.65. The molecule has 0 aromatic carbocycles. The number of nitrogens with zero attached hydrogens (tertiary/aromatic N) is 1. The molecule has 1 N–H and O–H groups in total. The fourth-order valence-corrected chi connectivity index (χ4v) is 1.97. The molecule has 18 heavy (non-hydrogen) atoms. The average Bonchev–Trinajstić information content (AvgIpc) is 2.29. The van der Waals surface area contributed by atoms with Crippen molar-refractivity contribution in [2.45, 2.75) is 45.6 Å². The Morgan fingerprint density at radius 2 is 1.94 bits per heavy atom. The molecule has 1 aliphatic heterocycles. The van der Waals surface area contributed by atoms with Crippen LogP contribution < -0.4 is 5.32 Å². The van der Waals surface area contributed by atoms with Crippen LogP contribution in [0, 0.1) is 0 Å². The summed E-state index contributed by atoms with van der Waals surface area (Å²) in [6, 6.07) is 0. The largest absolute Gasteiger partial charge is 0.381 e. The maximum Gasteiger partial charge on any atom is 0.248 e. The van der Waals surface area contributed by atoms with E-state index in [1.807, 2.05) is 0 Å². The first kappa shape index (κ1) is 15.0. The maximum atomic E-state index is 12.0. The zero-order chi connectivity index (χ0) is 13.6. The highest BCUT2D eigenvalue weighted by Crippen LogP contribution is 2.13. The third kappa shape index (κ3) is 4.29. The van der Waals surface area contributed by atoms with Crippen LogP contribution in [0.25, 0.3) is 0 Å². The quantitative estimate of drug-likeness (QED) is 0.689. The molecule has 5 nitrogen and oxygen atoms in total. The van der Waals surface area contributed by atoms with Crippen molar-refractivity contribution in [3.63, 3.8) is 0 Å². The fraction of sp³-hybridized carbons (Fsp3) is 0.846. The Morgan fingerprint density at radius 1 is 1.28 bits per heavy atom. The van der Waals surface area contributed by atoms with Gasteiger partial charge in [0.05, 0.1) is 6.54 Å². The van der Waals surface area contributed by atoms with Gasteiger partial charge in [-0.2, -0.15) is 0 Å². The molecule has 0 radical (unpaired) electrons. The molecule has 1 aliphatic rings. The molecule has 0 aliphatic carbocycles. The molecular formula is C13H24N2O3. The molecule has 5 heteroatoms. The van der Waals surface area contributed by atoms with Crippen molar-refractivity contribution in [1.29, 1.82) is 0 Å². The van der Waals surface area contributed by atoms with Gasteiger partial charge in [0.15, 0.2) is 0 Å². The minimum Gasteiger partial charge on any atom is -0.381 e. The summed E-state index contributed by atoms with van der Waals surface area (Å²) in [4.78, 5) is 25.1. The van der Waals surface area contributed by atoms with E-state index in [0.29, 0.717) is 13.2 Å². The standard InChI is InChI=1S/C13H24N2O3/c1-4-5-8-18-9-6-7-15-10-11(16)14-13(2,3)12(15)17/h4-10H2,1-3H3,(H,14,16). The number of hydrogen-bond acceptors (Lipinski definition) is 3. The van der Waals surface area contributed by atoms with Crippen molar-refractivity contribution in [3.05, 3.63) is 0 Å². The fourth-order valence-electron chi connectivity index (χ4n) is 1.97. The Labute approximate surface area is 109 Å². The zero-order valence-electron chi connectivity index (χ0n) is 11.6. The number of unbranched alkanes of at least 4 members (excludes halogenated alkanes) is 1. The molecule has 1 heterocycles. The second kappa shape index (κ2) is 6.73. The van der Waals surface area contributed by atoms with Gasteiger partial charge < -0.3 is 15.0 Å². The van der Waals surface area contributed by atoms with Gasteiger partial charge in [0.1, 0.15) is 5.54 Å². The summed E-state index contributed by atoms with van der Waals surface area (Å²) >= 11 is 0. The van der Waals surface area contributed by atoms with E-state index in [4.69, 9.17) is 4.74 Å². The van der Waals surface area contributed by atoms with Crippen molar-refractivity contribution in [3.8, 4) is 0 Å². The second-order valence-corrected chi connectivity index (χ2v) is 5.22. The van der Waals surface area contributed by atoms with Crippen LogP contribution in [-0.4, -0.2) is 48.6 Å². The van der Waals surface area contributed by atoms with E-state index in [1.165, 1.54) is 0 Å². The first-order chi connectivity index (χ1) is 8.47. The summed E-state index contributed by atoms with van der Waals surface area (Å²) in [5.41, 5.74) is -0.779. The monoisotopic (exact) mass is 256 g/mol. The Bertz CT molecular complexity index is 303. The van der Waals surface area contributed by atoms with Crippen LogP contribution in [0.15, 0.2) is 0 Å². The molecule has 0 saturated carbocycles. The van der Waals surface area contributed by atoms with Crippen molar-refractivity contribution >= 4 is 11.8 Å². The van der Waals surface area contributed by atoms with Crippen LogP contribution in [0.4, 0.5) is 0 Å². The third-order valence-electron chi connectivity index (χ3n) is 2.97. The van der Waals surface area contributed by atoms with Gasteiger partial charge in [-0.15, -0.1) is 0 Å². The van der Waals surface area contributed by atoms with E-state index in [-0.39, 0.29) is 18.4 Å². The summed E-state index contributed by atoms with van der Waals surface area (Å²) in [7, 11) is 0. The number of piperazine rings is 1. The van der Waals surface area contributed by atoms with Gasteiger partial charge in [-0.05, 0) is 26.7 Å². The van der Waals surface area contributed by atoms with E-state index >= 15 is 0 Å². The van der Waals surface area contributed by atoms with Gasteiger partial charge in [0, 0.05) is 19.8 Å². The van der Waals surface area contributed by atoms with Crippen molar-refractivity contribution in [2.24, 2.45) is 0 Å². The minimum atomic E-state index is -0.779. The molecular weight excluding hydrogens is 232 g/mol. The predicted molar refractivity (Wildman–Crippen MR) is 69.1 cm³/mol. The Morgan fingerprint density at radius 3 is 2.61 bits per heavy atom. The van der Waals surface area contributed by atoms with E-state index in [1.54, 1.807) is 18.7 Å². The van der Waals surface area contributed by atoms with Crippen molar-refractivity contribution < 1.29 is 14.3 Å². The summed E-state index contributed by atoms with van der Waals surface area (Å²) < 4.78 is 5.44.